The van der Waals surface area contributed by atoms with Crippen LogP contribution in [0.4, 0.5) is 0 Å². The number of amides is 1. The molecule has 0 spiro atoms. The van der Waals surface area contributed by atoms with Gasteiger partial charge in [-0.05, 0) is 6.92 Å². The first-order valence-electron chi connectivity index (χ1n) is 5.08. The summed E-state index contributed by atoms with van der Waals surface area (Å²) in [5.41, 5.74) is 1.06. The maximum atomic E-state index is 11.6. The molecule has 4 nitrogen and oxygen atoms in total. The van der Waals surface area contributed by atoms with Gasteiger partial charge in [0.25, 0.3) is 0 Å². The molecule has 16 heavy (non-hydrogen) atoms. The summed E-state index contributed by atoms with van der Waals surface area (Å²) in [5, 5.41) is 3.00. The largest absolute Gasteiger partial charge is 0.352 e. The Labute approximate surface area is 99.0 Å². The summed E-state index contributed by atoms with van der Waals surface area (Å²) in [7, 11) is 0. The van der Waals surface area contributed by atoms with Gasteiger partial charge in [0.05, 0.1) is 0 Å². The van der Waals surface area contributed by atoms with Crippen molar-refractivity contribution in [2.24, 2.45) is 5.92 Å². The lowest BCUT2D eigenvalue weighted by Gasteiger charge is -2.09. The minimum atomic E-state index is -0.162. The van der Waals surface area contributed by atoms with Gasteiger partial charge in [0, 0.05) is 29.8 Å². The molecule has 0 aromatic carbocycles. The van der Waals surface area contributed by atoms with Crippen molar-refractivity contribution in [2.45, 2.75) is 27.3 Å². The second-order valence-corrected chi connectivity index (χ2v) is 4.36. The van der Waals surface area contributed by atoms with Crippen molar-refractivity contribution in [1.29, 1.82) is 0 Å². The zero-order valence-electron chi connectivity index (χ0n) is 9.56. The predicted octanol–water partition coefficient (Wildman–Crippen LogP) is 1.61. The number of aromatic nitrogens is 1. The summed E-state index contributed by atoms with van der Waals surface area (Å²) in [4.78, 5) is 25.8. The minimum Gasteiger partial charge on any atom is -0.352 e. The normalized spacial score (nSPS) is 10.6. The Bertz CT molecular complexity index is 452. The third kappa shape index (κ3) is 3.10. The van der Waals surface area contributed by atoms with E-state index in [1.54, 1.807) is 20.8 Å². The molecule has 0 aliphatic rings. The average Bonchev–Trinajstić information content (AvgIpc) is 2.15. The third-order valence-corrected chi connectivity index (χ3v) is 2.48. The molecule has 1 amide bonds. The molecule has 1 aromatic rings. The van der Waals surface area contributed by atoms with Crippen LogP contribution in [0.5, 0.6) is 0 Å². The number of H-pyrrole nitrogens is 1. The summed E-state index contributed by atoms with van der Waals surface area (Å²) < 4.78 is 0. The van der Waals surface area contributed by atoms with Crippen LogP contribution in [0.25, 0.3) is 0 Å². The van der Waals surface area contributed by atoms with E-state index in [0.29, 0.717) is 16.4 Å². The van der Waals surface area contributed by atoms with Crippen molar-refractivity contribution in [2.75, 3.05) is 0 Å². The van der Waals surface area contributed by atoms with Crippen LogP contribution in [0.2, 0.25) is 5.15 Å². The molecule has 0 bridgehead atoms. The minimum absolute atomic E-state index is 0.0752. The van der Waals surface area contributed by atoms with Crippen LogP contribution >= 0.6 is 11.6 Å². The molecule has 0 aliphatic carbocycles. The van der Waals surface area contributed by atoms with E-state index >= 15 is 0 Å². The first-order valence-corrected chi connectivity index (χ1v) is 5.45. The van der Waals surface area contributed by atoms with Gasteiger partial charge in [-0.2, -0.15) is 0 Å². The van der Waals surface area contributed by atoms with E-state index in [4.69, 9.17) is 11.6 Å². The van der Waals surface area contributed by atoms with E-state index in [9.17, 15) is 9.59 Å². The van der Waals surface area contributed by atoms with E-state index in [1.807, 2.05) is 0 Å². The molecule has 1 aromatic heterocycles. The van der Waals surface area contributed by atoms with Crippen LogP contribution < -0.4 is 10.7 Å². The highest BCUT2D eigenvalue weighted by Crippen LogP contribution is 2.05. The van der Waals surface area contributed by atoms with Gasteiger partial charge < -0.3 is 10.3 Å². The SMILES string of the molecule is Cc1[nH]c(Cl)cc(=O)c1CNC(=O)C(C)C. The number of halogens is 1. The van der Waals surface area contributed by atoms with Gasteiger partial charge in [0.1, 0.15) is 5.15 Å². The van der Waals surface area contributed by atoms with Crippen molar-refractivity contribution in [3.63, 3.8) is 0 Å². The van der Waals surface area contributed by atoms with E-state index in [0.717, 1.165) is 0 Å². The molecule has 0 saturated carbocycles. The number of rotatable bonds is 3. The molecule has 0 atom stereocenters. The summed E-state index contributed by atoms with van der Waals surface area (Å²) >= 11 is 5.69. The Morgan fingerprint density at radius 1 is 1.56 bits per heavy atom. The highest BCUT2D eigenvalue weighted by molar-refractivity contribution is 6.29. The van der Waals surface area contributed by atoms with Gasteiger partial charge in [-0.15, -0.1) is 0 Å². The van der Waals surface area contributed by atoms with E-state index in [2.05, 4.69) is 10.3 Å². The Morgan fingerprint density at radius 3 is 2.69 bits per heavy atom. The van der Waals surface area contributed by atoms with Crippen molar-refractivity contribution >= 4 is 17.5 Å². The first kappa shape index (κ1) is 12.8. The monoisotopic (exact) mass is 242 g/mol. The third-order valence-electron chi connectivity index (χ3n) is 2.28. The van der Waals surface area contributed by atoms with Crippen LogP contribution in [0.3, 0.4) is 0 Å². The fourth-order valence-electron chi connectivity index (χ4n) is 1.28. The lowest BCUT2D eigenvalue weighted by Crippen LogP contribution is -2.30. The zero-order valence-corrected chi connectivity index (χ0v) is 10.3. The smallest absolute Gasteiger partial charge is 0.222 e. The van der Waals surface area contributed by atoms with Crippen LogP contribution in [0.1, 0.15) is 25.1 Å². The van der Waals surface area contributed by atoms with Gasteiger partial charge in [-0.3, -0.25) is 9.59 Å². The Balaban J connectivity index is 2.83. The zero-order chi connectivity index (χ0) is 12.3. The van der Waals surface area contributed by atoms with Crippen molar-refractivity contribution in [3.05, 3.63) is 32.7 Å². The van der Waals surface area contributed by atoms with Crippen LogP contribution in [-0.2, 0) is 11.3 Å². The van der Waals surface area contributed by atoms with E-state index in [1.165, 1.54) is 6.07 Å². The molecule has 2 N–H and O–H groups in total. The number of hydrogen-bond donors (Lipinski definition) is 2. The van der Waals surface area contributed by atoms with Crippen molar-refractivity contribution < 1.29 is 4.79 Å². The van der Waals surface area contributed by atoms with Gasteiger partial charge in [-0.1, -0.05) is 25.4 Å². The van der Waals surface area contributed by atoms with E-state index < -0.39 is 0 Å². The fraction of sp³-hybridized carbons (Fsp3) is 0.455. The van der Waals surface area contributed by atoms with Gasteiger partial charge in [0.2, 0.25) is 5.91 Å². The van der Waals surface area contributed by atoms with Crippen LogP contribution in [-0.4, -0.2) is 10.9 Å². The van der Waals surface area contributed by atoms with Gasteiger partial charge >= 0.3 is 0 Å². The lowest BCUT2D eigenvalue weighted by molar-refractivity contribution is -0.124. The molecule has 5 heteroatoms. The number of carbonyl (C=O) groups is 1. The quantitative estimate of drug-likeness (QED) is 0.791. The van der Waals surface area contributed by atoms with Crippen LogP contribution in [0, 0.1) is 12.8 Å². The molecule has 0 saturated heterocycles. The second kappa shape index (κ2) is 5.16. The number of pyridine rings is 1. The Hall–Kier alpha value is -1.29. The maximum Gasteiger partial charge on any atom is 0.222 e. The van der Waals surface area contributed by atoms with Crippen LogP contribution in [0.15, 0.2) is 10.9 Å². The first-order chi connectivity index (χ1) is 7.41. The molecule has 88 valence electrons. The summed E-state index contributed by atoms with van der Waals surface area (Å²) in [6.45, 7) is 5.59. The predicted molar refractivity (Wildman–Crippen MR) is 63.5 cm³/mol. The lowest BCUT2D eigenvalue weighted by atomic mass is 10.1. The number of aromatic amines is 1. The molecular weight excluding hydrogens is 228 g/mol. The second-order valence-electron chi connectivity index (χ2n) is 3.96. The maximum absolute atomic E-state index is 11.6. The molecule has 0 fully saturated rings. The summed E-state index contributed by atoms with van der Waals surface area (Å²) in [5.74, 6) is -0.166. The molecule has 0 unspecified atom stereocenters. The topological polar surface area (TPSA) is 62.0 Å². The average molecular weight is 243 g/mol. The number of aryl methyl sites for hydroxylation is 1. The molecule has 1 rings (SSSR count). The Morgan fingerprint density at radius 2 is 2.19 bits per heavy atom. The number of nitrogens with one attached hydrogen (secondary N) is 2. The van der Waals surface area contributed by atoms with Gasteiger partial charge in [0.15, 0.2) is 5.43 Å². The Kier molecular flexibility index (Phi) is 4.12. The molecule has 0 radical (unpaired) electrons. The molecule has 1 heterocycles. The van der Waals surface area contributed by atoms with E-state index in [-0.39, 0.29) is 23.8 Å². The molecule has 0 aliphatic heterocycles. The highest BCUT2D eigenvalue weighted by atomic mass is 35.5. The van der Waals surface area contributed by atoms with Gasteiger partial charge in [-0.25, -0.2) is 0 Å². The molecular formula is C11H15ClN2O2. The number of carbonyl (C=O) groups excluding carboxylic acids is 1. The summed E-state index contributed by atoms with van der Waals surface area (Å²) in [6.07, 6.45) is 0. The number of hydrogen-bond acceptors (Lipinski definition) is 2. The van der Waals surface area contributed by atoms with Crippen molar-refractivity contribution in [3.8, 4) is 0 Å². The fourth-order valence-corrected chi connectivity index (χ4v) is 1.52. The highest BCUT2D eigenvalue weighted by Gasteiger charge is 2.09. The van der Waals surface area contributed by atoms with Crippen molar-refractivity contribution in [1.82, 2.24) is 10.3 Å². The summed E-state index contributed by atoms with van der Waals surface area (Å²) in [6, 6.07) is 1.31. The standard InChI is InChI=1S/C11H15ClN2O2/c1-6(2)11(16)13-5-8-7(3)14-10(12)4-9(8)15/h4,6H,5H2,1-3H3,(H,13,16)(H,14,15).